The molecule has 0 heterocycles. The van der Waals surface area contributed by atoms with Crippen molar-refractivity contribution in [3.63, 3.8) is 0 Å². The molecular weight excluding hydrogens is 132 g/mol. The van der Waals surface area contributed by atoms with E-state index in [1.165, 1.54) is 0 Å². The van der Waals surface area contributed by atoms with Crippen LogP contribution in [-0.4, -0.2) is 0 Å². The van der Waals surface area contributed by atoms with E-state index in [4.69, 9.17) is 0 Å². The fourth-order valence-electron chi connectivity index (χ4n) is 1.00. The Hall–Kier alpha value is -1.30. The van der Waals surface area contributed by atoms with Crippen molar-refractivity contribution in [2.24, 2.45) is 0 Å². The van der Waals surface area contributed by atoms with Gasteiger partial charge in [0.15, 0.2) is 0 Å². The second kappa shape index (κ2) is 3.20. The molecule has 0 N–H and O–H groups in total. The Kier molecular flexibility index (Phi) is 2.27. The smallest absolute Gasteiger partial charge is 0.0167 e. The van der Waals surface area contributed by atoms with E-state index in [0.29, 0.717) is 0 Å². The third-order valence-electron chi connectivity index (χ3n) is 1.59. The standard InChI is InChI=1S/C11H12/c1-9(2)11-8-6-4-5-7-10(11)3/h4-8H,1,3H2,2H3. The molecule has 0 aromatic rings. The second-order valence-corrected chi connectivity index (χ2v) is 2.63. The van der Waals surface area contributed by atoms with E-state index in [1.54, 1.807) is 0 Å². The Bertz CT molecular complexity index is 272. The molecule has 0 fully saturated rings. The lowest BCUT2D eigenvalue weighted by molar-refractivity contribution is 1.41. The first-order chi connectivity index (χ1) is 5.22. The van der Waals surface area contributed by atoms with Crippen molar-refractivity contribution in [2.75, 3.05) is 0 Å². The molecule has 0 saturated heterocycles. The molecule has 0 nitrogen and oxygen atoms in total. The molecule has 0 amide bonds. The Labute approximate surface area is 67.9 Å². The van der Waals surface area contributed by atoms with Crippen LogP contribution < -0.4 is 0 Å². The van der Waals surface area contributed by atoms with Crippen LogP contribution in [0, 0.1) is 0 Å². The number of rotatable bonds is 1. The van der Waals surface area contributed by atoms with E-state index >= 15 is 0 Å². The fraction of sp³-hybridized carbons (Fsp3) is 0.0909. The van der Waals surface area contributed by atoms with Crippen LogP contribution in [0.4, 0.5) is 0 Å². The summed E-state index contributed by atoms with van der Waals surface area (Å²) in [5.41, 5.74) is 3.23. The first kappa shape index (κ1) is 7.80. The van der Waals surface area contributed by atoms with Crippen molar-refractivity contribution in [3.05, 3.63) is 60.3 Å². The normalized spacial score (nSPS) is 16.1. The molecule has 56 valence electrons. The van der Waals surface area contributed by atoms with Crippen molar-refractivity contribution in [1.29, 1.82) is 0 Å². The van der Waals surface area contributed by atoms with Gasteiger partial charge in [-0.15, -0.1) is 0 Å². The van der Waals surface area contributed by atoms with E-state index in [1.807, 2.05) is 37.3 Å². The Balaban J connectivity index is 3.02. The Morgan fingerprint density at radius 2 is 2.00 bits per heavy atom. The summed E-state index contributed by atoms with van der Waals surface area (Å²) in [4.78, 5) is 0. The molecule has 1 aliphatic rings. The lowest BCUT2D eigenvalue weighted by Gasteiger charge is -2.03. The quantitative estimate of drug-likeness (QED) is 0.530. The predicted molar refractivity (Wildman–Crippen MR) is 50.3 cm³/mol. The van der Waals surface area contributed by atoms with Gasteiger partial charge in [-0.25, -0.2) is 0 Å². The van der Waals surface area contributed by atoms with Gasteiger partial charge in [-0.05, 0) is 18.1 Å². The van der Waals surface area contributed by atoms with E-state index in [-0.39, 0.29) is 0 Å². The summed E-state index contributed by atoms with van der Waals surface area (Å²) in [6.07, 6.45) is 9.99. The Morgan fingerprint density at radius 1 is 1.27 bits per heavy atom. The topological polar surface area (TPSA) is 0 Å². The zero-order valence-corrected chi connectivity index (χ0v) is 6.80. The molecule has 0 aromatic heterocycles. The van der Waals surface area contributed by atoms with Crippen LogP contribution in [-0.2, 0) is 0 Å². The van der Waals surface area contributed by atoms with Gasteiger partial charge in [0.1, 0.15) is 0 Å². The van der Waals surface area contributed by atoms with Crippen molar-refractivity contribution in [3.8, 4) is 0 Å². The van der Waals surface area contributed by atoms with Crippen LogP contribution >= 0.6 is 0 Å². The molecule has 0 aliphatic heterocycles. The molecule has 0 heteroatoms. The van der Waals surface area contributed by atoms with Gasteiger partial charge in [-0.3, -0.25) is 0 Å². The van der Waals surface area contributed by atoms with Gasteiger partial charge in [-0.1, -0.05) is 49.1 Å². The van der Waals surface area contributed by atoms with Gasteiger partial charge in [0.05, 0.1) is 0 Å². The van der Waals surface area contributed by atoms with Gasteiger partial charge in [-0.2, -0.15) is 0 Å². The van der Waals surface area contributed by atoms with E-state index < -0.39 is 0 Å². The summed E-state index contributed by atoms with van der Waals surface area (Å²) in [5, 5.41) is 0. The number of hydrogen-bond donors (Lipinski definition) is 0. The summed E-state index contributed by atoms with van der Waals surface area (Å²) in [6.45, 7) is 9.78. The van der Waals surface area contributed by atoms with Crippen molar-refractivity contribution in [1.82, 2.24) is 0 Å². The fourth-order valence-corrected chi connectivity index (χ4v) is 1.00. The van der Waals surface area contributed by atoms with Crippen LogP contribution in [0.5, 0.6) is 0 Å². The van der Waals surface area contributed by atoms with Gasteiger partial charge >= 0.3 is 0 Å². The van der Waals surface area contributed by atoms with E-state index in [9.17, 15) is 0 Å². The predicted octanol–water partition coefficient (Wildman–Crippen LogP) is 3.17. The second-order valence-electron chi connectivity index (χ2n) is 2.63. The highest BCUT2D eigenvalue weighted by Gasteiger charge is 1.99. The van der Waals surface area contributed by atoms with Gasteiger partial charge < -0.3 is 0 Å². The first-order valence-corrected chi connectivity index (χ1v) is 3.62. The van der Waals surface area contributed by atoms with E-state index in [0.717, 1.165) is 16.7 Å². The summed E-state index contributed by atoms with van der Waals surface area (Å²) in [5.74, 6) is 0. The maximum Gasteiger partial charge on any atom is -0.0167 e. The highest BCUT2D eigenvalue weighted by molar-refractivity contribution is 5.52. The largest absolute Gasteiger partial charge is 0.0955 e. The van der Waals surface area contributed by atoms with Crippen molar-refractivity contribution < 1.29 is 0 Å². The summed E-state index contributed by atoms with van der Waals surface area (Å²) < 4.78 is 0. The number of allylic oxidation sites excluding steroid dienone is 8. The van der Waals surface area contributed by atoms with Gasteiger partial charge in [0.25, 0.3) is 0 Å². The monoisotopic (exact) mass is 144 g/mol. The van der Waals surface area contributed by atoms with Crippen LogP contribution in [0.2, 0.25) is 0 Å². The highest BCUT2D eigenvalue weighted by Crippen LogP contribution is 2.18. The molecule has 0 aromatic carbocycles. The summed E-state index contributed by atoms with van der Waals surface area (Å²) >= 11 is 0. The molecule has 0 radical (unpaired) electrons. The minimum absolute atomic E-state index is 1.03. The third-order valence-corrected chi connectivity index (χ3v) is 1.59. The molecule has 11 heavy (non-hydrogen) atoms. The average Bonchev–Trinajstić information content (AvgIpc) is 2.13. The molecule has 1 rings (SSSR count). The van der Waals surface area contributed by atoms with Crippen LogP contribution in [0.3, 0.4) is 0 Å². The molecule has 0 atom stereocenters. The lowest BCUT2D eigenvalue weighted by Crippen LogP contribution is -1.84. The van der Waals surface area contributed by atoms with E-state index in [2.05, 4.69) is 13.2 Å². The molecule has 0 spiro atoms. The summed E-state index contributed by atoms with van der Waals surface area (Å²) in [7, 11) is 0. The molecule has 1 aliphatic carbocycles. The molecular formula is C11H12. The lowest BCUT2D eigenvalue weighted by atomic mass is 10.0. The summed E-state index contributed by atoms with van der Waals surface area (Å²) in [6, 6.07) is 0. The molecule has 0 saturated carbocycles. The SMILES string of the molecule is C=C(C)C1=CC=CC=CC1=C. The van der Waals surface area contributed by atoms with Crippen LogP contribution in [0.1, 0.15) is 6.92 Å². The van der Waals surface area contributed by atoms with Crippen molar-refractivity contribution in [2.45, 2.75) is 6.92 Å². The van der Waals surface area contributed by atoms with Crippen LogP contribution in [0.25, 0.3) is 0 Å². The average molecular weight is 144 g/mol. The maximum atomic E-state index is 3.92. The van der Waals surface area contributed by atoms with Gasteiger partial charge in [0.2, 0.25) is 0 Å². The van der Waals surface area contributed by atoms with Crippen LogP contribution in [0.15, 0.2) is 60.3 Å². The first-order valence-electron chi connectivity index (χ1n) is 3.62. The highest BCUT2D eigenvalue weighted by atomic mass is 14.0. The van der Waals surface area contributed by atoms with Gasteiger partial charge in [0, 0.05) is 0 Å². The minimum atomic E-state index is 1.03. The zero-order valence-electron chi connectivity index (χ0n) is 6.80. The Morgan fingerprint density at radius 3 is 2.64 bits per heavy atom. The van der Waals surface area contributed by atoms with Crippen molar-refractivity contribution >= 4 is 0 Å². The zero-order chi connectivity index (χ0) is 8.27. The number of hydrogen-bond acceptors (Lipinski definition) is 0. The molecule has 0 bridgehead atoms. The third kappa shape index (κ3) is 1.81. The molecule has 0 unspecified atom stereocenters. The minimum Gasteiger partial charge on any atom is -0.0955 e. The maximum absolute atomic E-state index is 3.92.